The van der Waals surface area contributed by atoms with Gasteiger partial charge >= 0.3 is 0 Å². The molecule has 0 spiro atoms. The van der Waals surface area contributed by atoms with Crippen LogP contribution in [0.5, 0.6) is 0 Å². The van der Waals surface area contributed by atoms with Crippen molar-refractivity contribution in [3.05, 3.63) is 30.1 Å². The third-order valence-electron chi connectivity index (χ3n) is 3.37. The number of para-hydroxylation sites is 1. The maximum atomic E-state index is 5.97. The largest absolute Gasteiger partial charge is 0.383 e. The fourth-order valence-corrected chi connectivity index (χ4v) is 2.49. The molecule has 1 saturated carbocycles. The van der Waals surface area contributed by atoms with Gasteiger partial charge in [-0.25, -0.2) is 9.97 Å². The Morgan fingerprint density at radius 2 is 1.81 bits per heavy atom. The molecule has 3 rings (SSSR count). The standard InChI is InChI=1S/C13H15N3/c14-12-10-7-3-4-8-11(10)15-13(16-12)9-5-1-2-6-9/h3-4,7-9H,1-2,5-6H2,(H2,14,15,16). The molecule has 0 radical (unpaired) electrons. The first-order valence-electron chi connectivity index (χ1n) is 5.87. The van der Waals surface area contributed by atoms with Gasteiger partial charge in [-0.1, -0.05) is 25.0 Å². The summed E-state index contributed by atoms with van der Waals surface area (Å²) in [4.78, 5) is 9.08. The molecule has 16 heavy (non-hydrogen) atoms. The van der Waals surface area contributed by atoms with E-state index in [9.17, 15) is 0 Å². The molecule has 0 atom stereocenters. The average Bonchev–Trinajstić information content (AvgIpc) is 2.82. The van der Waals surface area contributed by atoms with Crippen molar-refractivity contribution in [3.63, 3.8) is 0 Å². The number of aromatic nitrogens is 2. The van der Waals surface area contributed by atoms with Gasteiger partial charge in [0, 0.05) is 11.3 Å². The minimum absolute atomic E-state index is 0.520. The monoisotopic (exact) mass is 213 g/mol. The van der Waals surface area contributed by atoms with Gasteiger partial charge in [-0.2, -0.15) is 0 Å². The molecule has 3 nitrogen and oxygen atoms in total. The van der Waals surface area contributed by atoms with Crippen molar-refractivity contribution in [2.75, 3.05) is 5.73 Å². The molecule has 1 aromatic carbocycles. The summed E-state index contributed by atoms with van der Waals surface area (Å²) < 4.78 is 0. The number of nitrogens with zero attached hydrogens (tertiary/aromatic N) is 2. The summed E-state index contributed by atoms with van der Waals surface area (Å²) in [5.74, 6) is 2.08. The molecule has 2 N–H and O–H groups in total. The first-order valence-corrected chi connectivity index (χ1v) is 5.87. The van der Waals surface area contributed by atoms with Crippen LogP contribution in [0.1, 0.15) is 37.4 Å². The fraction of sp³-hybridized carbons (Fsp3) is 0.385. The van der Waals surface area contributed by atoms with Crippen molar-refractivity contribution >= 4 is 16.7 Å². The normalized spacial score (nSPS) is 17.0. The topological polar surface area (TPSA) is 51.8 Å². The highest BCUT2D eigenvalue weighted by atomic mass is 15.0. The second-order valence-electron chi connectivity index (χ2n) is 4.47. The highest BCUT2D eigenvalue weighted by Crippen LogP contribution is 2.33. The predicted molar refractivity (Wildman–Crippen MR) is 65.2 cm³/mol. The van der Waals surface area contributed by atoms with Crippen LogP contribution >= 0.6 is 0 Å². The number of nitrogens with two attached hydrogens (primary N) is 1. The molecular formula is C13H15N3. The maximum Gasteiger partial charge on any atom is 0.135 e. The Hall–Kier alpha value is -1.64. The van der Waals surface area contributed by atoms with Gasteiger partial charge in [0.1, 0.15) is 11.6 Å². The third kappa shape index (κ3) is 1.52. The van der Waals surface area contributed by atoms with Gasteiger partial charge in [-0.15, -0.1) is 0 Å². The summed E-state index contributed by atoms with van der Waals surface area (Å²) in [5.41, 5.74) is 6.94. The van der Waals surface area contributed by atoms with Gasteiger partial charge < -0.3 is 5.73 Å². The zero-order valence-corrected chi connectivity index (χ0v) is 9.19. The van der Waals surface area contributed by atoms with Crippen molar-refractivity contribution in [1.82, 2.24) is 9.97 Å². The smallest absolute Gasteiger partial charge is 0.135 e. The second kappa shape index (κ2) is 3.74. The van der Waals surface area contributed by atoms with E-state index >= 15 is 0 Å². The van der Waals surface area contributed by atoms with E-state index in [1.807, 2.05) is 24.3 Å². The number of rotatable bonds is 1. The molecule has 0 amide bonds. The van der Waals surface area contributed by atoms with Gasteiger partial charge in [-0.3, -0.25) is 0 Å². The summed E-state index contributed by atoms with van der Waals surface area (Å²) in [6.07, 6.45) is 5.00. The Morgan fingerprint density at radius 3 is 2.62 bits per heavy atom. The van der Waals surface area contributed by atoms with E-state index in [-0.39, 0.29) is 0 Å². The molecule has 0 saturated heterocycles. The van der Waals surface area contributed by atoms with Crippen LogP contribution in [0.15, 0.2) is 24.3 Å². The Morgan fingerprint density at radius 1 is 1.06 bits per heavy atom. The van der Waals surface area contributed by atoms with Crippen LogP contribution in [-0.2, 0) is 0 Å². The van der Waals surface area contributed by atoms with Crippen LogP contribution in [0, 0.1) is 0 Å². The average molecular weight is 213 g/mol. The van der Waals surface area contributed by atoms with Crippen molar-refractivity contribution in [1.29, 1.82) is 0 Å². The van der Waals surface area contributed by atoms with Gasteiger partial charge in [0.05, 0.1) is 5.52 Å². The molecule has 0 unspecified atom stereocenters. The molecule has 2 aromatic rings. The molecule has 3 heteroatoms. The molecule has 1 heterocycles. The van der Waals surface area contributed by atoms with Crippen molar-refractivity contribution < 1.29 is 0 Å². The second-order valence-corrected chi connectivity index (χ2v) is 4.47. The number of hydrogen-bond acceptors (Lipinski definition) is 3. The summed E-state index contributed by atoms with van der Waals surface area (Å²) >= 11 is 0. The van der Waals surface area contributed by atoms with E-state index in [4.69, 9.17) is 5.73 Å². The zero-order chi connectivity index (χ0) is 11.0. The summed E-state index contributed by atoms with van der Waals surface area (Å²) in [6, 6.07) is 7.94. The molecule has 1 fully saturated rings. The Balaban J connectivity index is 2.13. The van der Waals surface area contributed by atoms with Gasteiger partial charge in [0.15, 0.2) is 0 Å². The van der Waals surface area contributed by atoms with E-state index < -0.39 is 0 Å². The van der Waals surface area contributed by atoms with Crippen LogP contribution in [0.25, 0.3) is 10.9 Å². The molecule has 0 bridgehead atoms. The van der Waals surface area contributed by atoms with Crippen molar-refractivity contribution in [2.45, 2.75) is 31.6 Å². The number of fused-ring (bicyclic) bond motifs is 1. The van der Waals surface area contributed by atoms with Gasteiger partial charge in [-0.05, 0) is 25.0 Å². The highest BCUT2D eigenvalue weighted by molar-refractivity contribution is 5.87. The minimum atomic E-state index is 0.520. The summed E-state index contributed by atoms with van der Waals surface area (Å²) in [5, 5.41) is 0.962. The van der Waals surface area contributed by atoms with Crippen LogP contribution in [-0.4, -0.2) is 9.97 Å². The van der Waals surface area contributed by atoms with Gasteiger partial charge in [0.25, 0.3) is 0 Å². The van der Waals surface area contributed by atoms with Crippen molar-refractivity contribution in [2.24, 2.45) is 0 Å². The van der Waals surface area contributed by atoms with E-state index in [1.165, 1.54) is 25.7 Å². The Labute approximate surface area is 94.7 Å². The van der Waals surface area contributed by atoms with E-state index in [2.05, 4.69) is 9.97 Å². The lowest BCUT2D eigenvalue weighted by molar-refractivity contribution is 0.674. The number of benzene rings is 1. The lowest BCUT2D eigenvalue weighted by atomic mass is 10.1. The van der Waals surface area contributed by atoms with Crippen LogP contribution < -0.4 is 5.73 Å². The molecular weight excluding hydrogens is 198 g/mol. The lowest BCUT2D eigenvalue weighted by Gasteiger charge is -2.09. The molecule has 0 aliphatic heterocycles. The number of hydrogen-bond donors (Lipinski definition) is 1. The summed E-state index contributed by atoms with van der Waals surface area (Å²) in [6.45, 7) is 0. The Kier molecular flexibility index (Phi) is 2.24. The molecule has 1 aromatic heterocycles. The zero-order valence-electron chi connectivity index (χ0n) is 9.19. The third-order valence-corrected chi connectivity index (χ3v) is 3.37. The van der Waals surface area contributed by atoms with Crippen LogP contribution in [0.3, 0.4) is 0 Å². The first-order chi connectivity index (χ1) is 7.84. The van der Waals surface area contributed by atoms with E-state index in [0.29, 0.717) is 11.7 Å². The quantitative estimate of drug-likeness (QED) is 0.792. The SMILES string of the molecule is Nc1nc(C2CCCC2)nc2ccccc12. The van der Waals surface area contributed by atoms with Gasteiger partial charge in [0.2, 0.25) is 0 Å². The Bertz CT molecular complexity index is 516. The highest BCUT2D eigenvalue weighted by Gasteiger charge is 2.20. The van der Waals surface area contributed by atoms with E-state index in [1.54, 1.807) is 0 Å². The number of anilines is 1. The lowest BCUT2D eigenvalue weighted by Crippen LogP contribution is -2.04. The van der Waals surface area contributed by atoms with Crippen molar-refractivity contribution in [3.8, 4) is 0 Å². The summed E-state index contributed by atoms with van der Waals surface area (Å²) in [7, 11) is 0. The molecule has 82 valence electrons. The van der Waals surface area contributed by atoms with Crippen LogP contribution in [0.4, 0.5) is 5.82 Å². The fourth-order valence-electron chi connectivity index (χ4n) is 2.49. The number of nitrogen functional groups attached to an aromatic ring is 1. The maximum absolute atomic E-state index is 5.97. The predicted octanol–water partition coefficient (Wildman–Crippen LogP) is 2.87. The van der Waals surface area contributed by atoms with E-state index in [0.717, 1.165) is 16.7 Å². The minimum Gasteiger partial charge on any atom is -0.383 e. The molecule has 1 aliphatic carbocycles. The molecule has 1 aliphatic rings. The first kappa shape index (κ1) is 9.58. The van der Waals surface area contributed by atoms with Crippen LogP contribution in [0.2, 0.25) is 0 Å².